The summed E-state index contributed by atoms with van der Waals surface area (Å²) in [5.74, 6) is -1.40. The summed E-state index contributed by atoms with van der Waals surface area (Å²) in [4.78, 5) is 14.5. The molecule has 0 saturated heterocycles. The van der Waals surface area contributed by atoms with Crippen LogP contribution >= 0.6 is 0 Å². The van der Waals surface area contributed by atoms with E-state index in [4.69, 9.17) is 9.26 Å². The average molecular weight is 280 g/mol. The van der Waals surface area contributed by atoms with E-state index in [0.29, 0.717) is 18.1 Å². The van der Waals surface area contributed by atoms with Crippen molar-refractivity contribution in [3.63, 3.8) is 0 Å². The monoisotopic (exact) mass is 280 g/mol. The second kappa shape index (κ2) is 4.99. The van der Waals surface area contributed by atoms with Crippen molar-refractivity contribution in [3.05, 3.63) is 41.0 Å². The molecule has 0 bridgehead atoms. The van der Waals surface area contributed by atoms with Gasteiger partial charge in [0.25, 0.3) is 0 Å². The number of halogens is 2. The molecule has 2 aromatic rings. The van der Waals surface area contributed by atoms with Crippen molar-refractivity contribution in [2.75, 3.05) is 0 Å². The number of rotatable bonds is 5. The molecule has 0 atom stereocenters. The van der Waals surface area contributed by atoms with Crippen molar-refractivity contribution in [2.45, 2.75) is 25.4 Å². The first-order valence-corrected chi connectivity index (χ1v) is 6.07. The highest BCUT2D eigenvalue weighted by atomic mass is 19.1. The Morgan fingerprint density at radius 3 is 2.65 bits per heavy atom. The molecule has 0 unspecified atom stereocenters. The summed E-state index contributed by atoms with van der Waals surface area (Å²) < 4.78 is 37.1. The van der Waals surface area contributed by atoms with E-state index in [2.05, 4.69) is 10.1 Å². The SMILES string of the molecule is O=Cc1cc(F)c(OCc2noc(C3CC3)n2)c(F)c1. The number of aldehydes is 1. The number of hydrogen-bond donors (Lipinski definition) is 0. The Morgan fingerprint density at radius 1 is 1.35 bits per heavy atom. The summed E-state index contributed by atoms with van der Waals surface area (Å²) >= 11 is 0. The topological polar surface area (TPSA) is 65.2 Å². The highest BCUT2D eigenvalue weighted by molar-refractivity contribution is 5.75. The van der Waals surface area contributed by atoms with Gasteiger partial charge in [-0.1, -0.05) is 5.16 Å². The summed E-state index contributed by atoms with van der Waals surface area (Å²) in [5.41, 5.74) is -0.0945. The van der Waals surface area contributed by atoms with Crippen molar-refractivity contribution < 1.29 is 22.8 Å². The quantitative estimate of drug-likeness (QED) is 0.788. The zero-order valence-corrected chi connectivity index (χ0v) is 10.3. The fraction of sp³-hybridized carbons (Fsp3) is 0.308. The molecule has 0 radical (unpaired) electrons. The van der Waals surface area contributed by atoms with E-state index in [1.165, 1.54) is 0 Å². The first-order chi connectivity index (χ1) is 9.67. The molecule has 0 spiro atoms. The van der Waals surface area contributed by atoms with Crippen LogP contribution in [0.4, 0.5) is 8.78 Å². The Bertz CT molecular complexity index is 630. The van der Waals surface area contributed by atoms with Crippen LogP contribution in [0.2, 0.25) is 0 Å². The van der Waals surface area contributed by atoms with Gasteiger partial charge in [0.15, 0.2) is 24.0 Å². The minimum Gasteiger partial charge on any atom is -0.479 e. The fourth-order valence-corrected chi connectivity index (χ4v) is 1.74. The maximum absolute atomic E-state index is 13.6. The first kappa shape index (κ1) is 12.7. The van der Waals surface area contributed by atoms with Gasteiger partial charge in [0.2, 0.25) is 11.7 Å². The van der Waals surface area contributed by atoms with Crippen LogP contribution in [0.1, 0.15) is 40.8 Å². The summed E-state index contributed by atoms with van der Waals surface area (Å²) in [6, 6.07) is 1.80. The molecule has 3 rings (SSSR count). The number of hydrogen-bond acceptors (Lipinski definition) is 5. The van der Waals surface area contributed by atoms with Crippen molar-refractivity contribution >= 4 is 6.29 Å². The molecule has 0 amide bonds. The van der Waals surface area contributed by atoms with Gasteiger partial charge in [0, 0.05) is 11.5 Å². The lowest BCUT2D eigenvalue weighted by Gasteiger charge is -2.06. The molecule has 1 aromatic carbocycles. The van der Waals surface area contributed by atoms with Crippen molar-refractivity contribution in [3.8, 4) is 5.75 Å². The van der Waals surface area contributed by atoms with E-state index in [0.717, 1.165) is 25.0 Å². The van der Waals surface area contributed by atoms with Gasteiger partial charge >= 0.3 is 0 Å². The zero-order valence-electron chi connectivity index (χ0n) is 10.3. The van der Waals surface area contributed by atoms with E-state index in [-0.39, 0.29) is 18.0 Å². The minimum absolute atomic E-state index is 0.0945. The van der Waals surface area contributed by atoms with Crippen LogP contribution in [0.25, 0.3) is 0 Å². The van der Waals surface area contributed by atoms with E-state index in [1.807, 2.05) is 0 Å². The zero-order chi connectivity index (χ0) is 14.1. The smallest absolute Gasteiger partial charge is 0.229 e. The third kappa shape index (κ3) is 2.52. The molecule has 1 fully saturated rings. The van der Waals surface area contributed by atoms with Gasteiger partial charge in [0.1, 0.15) is 6.29 Å². The van der Waals surface area contributed by atoms with Gasteiger partial charge in [0.05, 0.1) is 0 Å². The molecule has 7 heteroatoms. The van der Waals surface area contributed by atoms with Crippen LogP contribution in [0.5, 0.6) is 5.75 Å². The second-order valence-corrected chi connectivity index (χ2v) is 4.54. The lowest BCUT2D eigenvalue weighted by molar-refractivity contribution is 0.112. The Labute approximate surface area is 112 Å². The number of carbonyl (C=O) groups is 1. The number of ether oxygens (including phenoxy) is 1. The number of carbonyl (C=O) groups excluding carboxylic acids is 1. The lowest BCUT2D eigenvalue weighted by atomic mass is 10.2. The minimum atomic E-state index is -0.946. The molecular weight excluding hydrogens is 270 g/mol. The standard InChI is InChI=1S/C13H10F2N2O3/c14-9-3-7(5-18)4-10(15)12(9)19-6-11-16-13(20-17-11)8-1-2-8/h3-5,8H,1-2,6H2. The Balaban J connectivity index is 1.72. The third-order valence-electron chi connectivity index (χ3n) is 2.91. The summed E-state index contributed by atoms with van der Waals surface area (Å²) in [5, 5.41) is 3.67. The largest absolute Gasteiger partial charge is 0.479 e. The Morgan fingerprint density at radius 2 is 2.05 bits per heavy atom. The highest BCUT2D eigenvalue weighted by Gasteiger charge is 2.29. The summed E-state index contributed by atoms with van der Waals surface area (Å²) in [7, 11) is 0. The van der Waals surface area contributed by atoms with Gasteiger partial charge in [-0.3, -0.25) is 4.79 Å². The van der Waals surface area contributed by atoms with E-state index >= 15 is 0 Å². The highest BCUT2D eigenvalue weighted by Crippen LogP contribution is 2.38. The van der Waals surface area contributed by atoms with Crippen molar-refractivity contribution in [2.24, 2.45) is 0 Å². The molecule has 1 aliphatic carbocycles. The molecular formula is C13H10F2N2O3. The molecule has 1 heterocycles. The van der Waals surface area contributed by atoms with Crippen LogP contribution in [0, 0.1) is 11.6 Å². The van der Waals surface area contributed by atoms with E-state index in [1.54, 1.807) is 0 Å². The molecule has 0 aliphatic heterocycles. The molecule has 0 N–H and O–H groups in total. The average Bonchev–Trinajstić information content (AvgIpc) is 3.17. The van der Waals surface area contributed by atoms with Gasteiger partial charge in [-0.15, -0.1) is 0 Å². The van der Waals surface area contributed by atoms with Crippen LogP contribution in [0.3, 0.4) is 0 Å². The Hall–Kier alpha value is -2.31. The predicted molar refractivity (Wildman–Crippen MR) is 62.4 cm³/mol. The maximum atomic E-state index is 13.6. The van der Waals surface area contributed by atoms with E-state index < -0.39 is 17.4 Å². The third-order valence-corrected chi connectivity index (χ3v) is 2.91. The van der Waals surface area contributed by atoms with Crippen LogP contribution in [0.15, 0.2) is 16.7 Å². The summed E-state index contributed by atoms with van der Waals surface area (Å²) in [6.07, 6.45) is 2.38. The van der Waals surface area contributed by atoms with E-state index in [9.17, 15) is 13.6 Å². The second-order valence-electron chi connectivity index (χ2n) is 4.54. The predicted octanol–water partition coefficient (Wildman–Crippen LogP) is 2.62. The Kier molecular flexibility index (Phi) is 3.17. The fourth-order valence-electron chi connectivity index (χ4n) is 1.74. The molecule has 1 aliphatic rings. The van der Waals surface area contributed by atoms with Gasteiger partial charge < -0.3 is 9.26 Å². The van der Waals surface area contributed by atoms with Crippen molar-refractivity contribution in [1.82, 2.24) is 10.1 Å². The molecule has 5 nitrogen and oxygen atoms in total. The molecule has 20 heavy (non-hydrogen) atoms. The van der Waals surface area contributed by atoms with Crippen LogP contribution in [-0.4, -0.2) is 16.4 Å². The lowest BCUT2D eigenvalue weighted by Crippen LogP contribution is -2.02. The van der Waals surface area contributed by atoms with Gasteiger partial charge in [-0.05, 0) is 25.0 Å². The normalized spacial score (nSPS) is 14.3. The number of nitrogens with zero attached hydrogens (tertiary/aromatic N) is 2. The molecule has 1 saturated carbocycles. The summed E-state index contributed by atoms with van der Waals surface area (Å²) in [6.45, 7) is -0.204. The number of benzene rings is 1. The van der Waals surface area contributed by atoms with Crippen LogP contribution < -0.4 is 4.74 Å². The first-order valence-electron chi connectivity index (χ1n) is 6.07. The molecule has 104 valence electrons. The van der Waals surface area contributed by atoms with Crippen molar-refractivity contribution in [1.29, 1.82) is 0 Å². The van der Waals surface area contributed by atoms with Gasteiger partial charge in [-0.25, -0.2) is 8.78 Å². The van der Waals surface area contributed by atoms with Crippen LogP contribution in [-0.2, 0) is 6.61 Å². The molecule has 1 aromatic heterocycles. The van der Waals surface area contributed by atoms with Gasteiger partial charge in [-0.2, -0.15) is 4.98 Å². The maximum Gasteiger partial charge on any atom is 0.229 e. The number of aromatic nitrogens is 2.